The molecule has 0 amide bonds. The lowest BCUT2D eigenvalue weighted by Crippen LogP contribution is -2.24. The molecule has 18 heavy (non-hydrogen) atoms. The van der Waals surface area contributed by atoms with Gasteiger partial charge < -0.3 is 18.9 Å². The van der Waals surface area contributed by atoms with E-state index in [4.69, 9.17) is 18.9 Å². The van der Waals surface area contributed by atoms with Gasteiger partial charge in [0, 0.05) is 20.1 Å². The lowest BCUT2D eigenvalue weighted by Gasteiger charge is -2.26. The summed E-state index contributed by atoms with van der Waals surface area (Å²) in [5, 5.41) is 0. The van der Waals surface area contributed by atoms with E-state index in [2.05, 4.69) is 19.9 Å². The molecule has 4 heteroatoms. The maximum absolute atomic E-state index is 5.76. The first-order chi connectivity index (χ1) is 8.69. The van der Waals surface area contributed by atoms with Crippen molar-refractivity contribution in [3.8, 4) is 0 Å². The predicted molar refractivity (Wildman–Crippen MR) is 70.4 cm³/mol. The normalized spacial score (nSPS) is 23.6. The molecule has 0 saturated heterocycles. The summed E-state index contributed by atoms with van der Waals surface area (Å²) in [6.07, 6.45) is 4.28. The van der Waals surface area contributed by atoms with Crippen molar-refractivity contribution in [3.63, 3.8) is 0 Å². The first kappa shape index (κ1) is 15.2. The van der Waals surface area contributed by atoms with E-state index in [0.717, 1.165) is 11.3 Å². The highest BCUT2D eigenvalue weighted by atomic mass is 16.5. The molecule has 1 rings (SSSR count). The van der Waals surface area contributed by atoms with Crippen molar-refractivity contribution in [2.24, 2.45) is 5.92 Å². The molecule has 0 bridgehead atoms. The zero-order chi connectivity index (χ0) is 13.4. The number of hydrogen-bond acceptors (Lipinski definition) is 4. The molecule has 0 aliphatic heterocycles. The fourth-order valence-corrected chi connectivity index (χ4v) is 1.87. The first-order valence-electron chi connectivity index (χ1n) is 6.32. The highest BCUT2D eigenvalue weighted by Gasteiger charge is 2.21. The summed E-state index contributed by atoms with van der Waals surface area (Å²) in [5.41, 5.74) is 1.16. The van der Waals surface area contributed by atoms with Crippen molar-refractivity contribution in [1.82, 2.24) is 0 Å². The Labute approximate surface area is 110 Å². The fraction of sp³-hybridized carbons (Fsp3) is 0.714. The van der Waals surface area contributed by atoms with E-state index in [-0.39, 0.29) is 6.10 Å². The number of rotatable bonds is 8. The van der Waals surface area contributed by atoms with Crippen molar-refractivity contribution in [3.05, 3.63) is 23.5 Å². The molecule has 0 N–H and O–H groups in total. The molecule has 1 aliphatic carbocycles. The molecular weight excluding hydrogens is 232 g/mol. The van der Waals surface area contributed by atoms with Gasteiger partial charge in [-0.25, -0.2) is 0 Å². The second kappa shape index (κ2) is 8.29. The molecule has 104 valence electrons. The van der Waals surface area contributed by atoms with E-state index in [1.165, 1.54) is 0 Å². The Kier molecular flexibility index (Phi) is 7.01. The van der Waals surface area contributed by atoms with Crippen molar-refractivity contribution in [2.75, 3.05) is 40.6 Å². The van der Waals surface area contributed by atoms with Gasteiger partial charge in [0.2, 0.25) is 0 Å². The van der Waals surface area contributed by atoms with Crippen LogP contribution in [0.2, 0.25) is 0 Å². The summed E-state index contributed by atoms with van der Waals surface area (Å²) < 4.78 is 21.4. The summed E-state index contributed by atoms with van der Waals surface area (Å²) in [6.45, 7) is 6.56. The van der Waals surface area contributed by atoms with Crippen LogP contribution in [0.25, 0.3) is 0 Å². The van der Waals surface area contributed by atoms with Crippen LogP contribution in [0.4, 0.5) is 0 Å². The zero-order valence-corrected chi connectivity index (χ0v) is 11.8. The number of hydrogen-bond donors (Lipinski definition) is 0. The molecule has 4 nitrogen and oxygen atoms in total. The highest BCUT2D eigenvalue weighted by molar-refractivity contribution is 5.30. The van der Waals surface area contributed by atoms with Crippen molar-refractivity contribution < 1.29 is 18.9 Å². The van der Waals surface area contributed by atoms with Crippen LogP contribution in [0, 0.1) is 5.92 Å². The molecule has 2 atom stereocenters. The summed E-state index contributed by atoms with van der Waals surface area (Å²) in [6, 6.07) is 0. The van der Waals surface area contributed by atoms with Gasteiger partial charge in [0.25, 0.3) is 0 Å². The Hall–Kier alpha value is -0.840. The highest BCUT2D eigenvalue weighted by Crippen LogP contribution is 2.25. The minimum absolute atomic E-state index is 0.0568. The maximum atomic E-state index is 5.76. The Morgan fingerprint density at radius 2 is 1.67 bits per heavy atom. The average Bonchev–Trinajstić information content (AvgIpc) is 2.34. The lowest BCUT2D eigenvalue weighted by molar-refractivity contribution is 0.0199. The summed E-state index contributed by atoms with van der Waals surface area (Å²) in [7, 11) is 3.34. The number of allylic oxidation sites excluding steroid dienone is 1. The summed E-state index contributed by atoms with van der Waals surface area (Å²) in [4.78, 5) is 0. The van der Waals surface area contributed by atoms with Gasteiger partial charge in [-0.05, 0) is 18.6 Å². The van der Waals surface area contributed by atoms with Gasteiger partial charge >= 0.3 is 0 Å². The zero-order valence-electron chi connectivity index (χ0n) is 11.8. The molecule has 0 fully saturated rings. The van der Waals surface area contributed by atoms with Crippen LogP contribution in [0.15, 0.2) is 23.5 Å². The van der Waals surface area contributed by atoms with Gasteiger partial charge in [0.15, 0.2) is 0 Å². The minimum Gasteiger partial charge on any atom is -0.491 e. The van der Waals surface area contributed by atoms with Crippen molar-refractivity contribution in [2.45, 2.75) is 20.0 Å². The molecule has 0 saturated carbocycles. The Balaban J connectivity index is 2.51. The first-order valence-corrected chi connectivity index (χ1v) is 6.32. The Morgan fingerprint density at radius 1 is 1.00 bits per heavy atom. The van der Waals surface area contributed by atoms with Crippen LogP contribution >= 0.6 is 0 Å². The van der Waals surface area contributed by atoms with Crippen LogP contribution < -0.4 is 0 Å². The van der Waals surface area contributed by atoms with Crippen molar-refractivity contribution in [1.29, 1.82) is 0 Å². The monoisotopic (exact) mass is 256 g/mol. The van der Waals surface area contributed by atoms with E-state index in [1.807, 2.05) is 6.08 Å². The molecule has 0 aromatic carbocycles. The lowest BCUT2D eigenvalue weighted by atomic mass is 9.94. The third-order valence-electron chi connectivity index (χ3n) is 2.88. The molecule has 1 aliphatic rings. The van der Waals surface area contributed by atoms with E-state index < -0.39 is 0 Å². The third-order valence-corrected chi connectivity index (χ3v) is 2.88. The SMILES string of the molecule is COCCOC1=CC(OCCOC)C(C)C=C1C. The van der Waals surface area contributed by atoms with Crippen LogP contribution in [0.5, 0.6) is 0 Å². The minimum atomic E-state index is 0.0568. The van der Waals surface area contributed by atoms with Gasteiger partial charge in [-0.1, -0.05) is 13.0 Å². The van der Waals surface area contributed by atoms with Gasteiger partial charge in [-0.3, -0.25) is 0 Å². The van der Waals surface area contributed by atoms with Crippen molar-refractivity contribution >= 4 is 0 Å². The van der Waals surface area contributed by atoms with Gasteiger partial charge in [0.1, 0.15) is 12.4 Å². The van der Waals surface area contributed by atoms with Gasteiger partial charge in [0.05, 0.1) is 25.9 Å². The largest absolute Gasteiger partial charge is 0.491 e. The van der Waals surface area contributed by atoms with E-state index >= 15 is 0 Å². The molecule has 0 aromatic heterocycles. The standard InChI is InChI=1S/C14H24O4/c1-11-9-12(2)14(18-8-6-16-4)10-13(11)17-7-5-15-3/h9-11,13H,5-8H2,1-4H3. The van der Waals surface area contributed by atoms with E-state index in [1.54, 1.807) is 14.2 Å². The molecule has 0 spiro atoms. The molecule has 0 aromatic rings. The van der Waals surface area contributed by atoms with Crippen LogP contribution in [0.1, 0.15) is 13.8 Å². The Bertz CT molecular complexity index is 296. The van der Waals surface area contributed by atoms with Gasteiger partial charge in [-0.2, -0.15) is 0 Å². The molecular formula is C14H24O4. The topological polar surface area (TPSA) is 36.9 Å². The quantitative estimate of drug-likeness (QED) is 0.624. The summed E-state index contributed by atoms with van der Waals surface area (Å²) >= 11 is 0. The van der Waals surface area contributed by atoms with E-state index in [0.29, 0.717) is 32.3 Å². The second-order valence-corrected chi connectivity index (χ2v) is 4.41. The number of ether oxygens (including phenoxy) is 4. The molecule has 0 radical (unpaired) electrons. The fourth-order valence-electron chi connectivity index (χ4n) is 1.87. The molecule has 2 unspecified atom stereocenters. The third kappa shape index (κ3) is 4.80. The number of methoxy groups -OCH3 is 2. The predicted octanol–water partition coefficient (Wildman–Crippen LogP) is 2.16. The van der Waals surface area contributed by atoms with Crippen LogP contribution in [-0.2, 0) is 18.9 Å². The maximum Gasteiger partial charge on any atom is 0.120 e. The van der Waals surface area contributed by atoms with E-state index in [9.17, 15) is 0 Å². The second-order valence-electron chi connectivity index (χ2n) is 4.41. The average molecular weight is 256 g/mol. The van der Waals surface area contributed by atoms with Gasteiger partial charge in [-0.15, -0.1) is 0 Å². The van der Waals surface area contributed by atoms with Crippen LogP contribution in [-0.4, -0.2) is 46.8 Å². The van der Waals surface area contributed by atoms with Crippen LogP contribution in [0.3, 0.4) is 0 Å². The summed E-state index contributed by atoms with van der Waals surface area (Å²) in [5.74, 6) is 1.25. The smallest absolute Gasteiger partial charge is 0.120 e. The molecule has 0 heterocycles. The Morgan fingerprint density at radius 3 is 2.33 bits per heavy atom.